The highest BCUT2D eigenvalue weighted by atomic mass is 79.9. The Kier molecular flexibility index (Phi) is 6.05. The van der Waals surface area contributed by atoms with Crippen molar-refractivity contribution in [3.63, 3.8) is 0 Å². The van der Waals surface area contributed by atoms with Gasteiger partial charge in [-0.05, 0) is 62.3 Å². The number of halogens is 1. The number of hydrogen-bond donors (Lipinski definition) is 2. The standard InChI is InChI=1S/C16H23BrN2O/c17-15-3-1-2-13(10-15)11-19-16(20)14-6-4-12(5-7-14)8-9-18/h1-3,10,12,14H,4-9,11,18H2,(H,19,20). The molecule has 0 atom stereocenters. The molecule has 1 aromatic rings. The number of nitrogens with two attached hydrogens (primary N) is 1. The summed E-state index contributed by atoms with van der Waals surface area (Å²) in [5, 5.41) is 3.06. The summed E-state index contributed by atoms with van der Waals surface area (Å²) in [7, 11) is 0. The Morgan fingerprint density at radius 3 is 2.70 bits per heavy atom. The Labute approximate surface area is 129 Å². The quantitative estimate of drug-likeness (QED) is 0.865. The molecule has 1 aliphatic carbocycles. The molecule has 2 rings (SSSR count). The summed E-state index contributed by atoms with van der Waals surface area (Å²) in [6.45, 7) is 1.38. The molecule has 1 saturated carbocycles. The summed E-state index contributed by atoms with van der Waals surface area (Å²) in [6, 6.07) is 8.05. The molecular weight excluding hydrogens is 316 g/mol. The van der Waals surface area contributed by atoms with Crippen LogP contribution >= 0.6 is 15.9 Å². The third-order valence-corrected chi connectivity index (χ3v) is 4.64. The largest absolute Gasteiger partial charge is 0.352 e. The van der Waals surface area contributed by atoms with Crippen LogP contribution in [0.3, 0.4) is 0 Å². The summed E-state index contributed by atoms with van der Waals surface area (Å²) < 4.78 is 1.05. The van der Waals surface area contributed by atoms with Gasteiger partial charge in [0.2, 0.25) is 5.91 Å². The second-order valence-corrected chi connectivity index (χ2v) is 6.56. The molecule has 0 heterocycles. The van der Waals surface area contributed by atoms with E-state index in [4.69, 9.17) is 5.73 Å². The van der Waals surface area contributed by atoms with Gasteiger partial charge in [-0.3, -0.25) is 4.79 Å². The maximum atomic E-state index is 12.2. The first-order valence-corrected chi connectivity index (χ1v) is 8.20. The van der Waals surface area contributed by atoms with Gasteiger partial charge in [0.25, 0.3) is 0 Å². The van der Waals surface area contributed by atoms with Crippen molar-refractivity contribution >= 4 is 21.8 Å². The van der Waals surface area contributed by atoms with Gasteiger partial charge in [-0.25, -0.2) is 0 Å². The lowest BCUT2D eigenvalue weighted by atomic mass is 9.80. The highest BCUT2D eigenvalue weighted by Gasteiger charge is 2.25. The smallest absolute Gasteiger partial charge is 0.223 e. The number of hydrogen-bond acceptors (Lipinski definition) is 2. The first-order valence-electron chi connectivity index (χ1n) is 7.41. The van der Waals surface area contributed by atoms with Crippen LogP contribution in [0, 0.1) is 11.8 Å². The van der Waals surface area contributed by atoms with Crippen LogP contribution in [0.15, 0.2) is 28.7 Å². The fourth-order valence-electron chi connectivity index (χ4n) is 2.93. The average molecular weight is 339 g/mol. The van der Waals surface area contributed by atoms with Crippen molar-refractivity contribution in [1.82, 2.24) is 5.32 Å². The van der Waals surface area contributed by atoms with Gasteiger partial charge >= 0.3 is 0 Å². The molecule has 0 bridgehead atoms. The van der Waals surface area contributed by atoms with Crippen LogP contribution < -0.4 is 11.1 Å². The topological polar surface area (TPSA) is 55.1 Å². The lowest BCUT2D eigenvalue weighted by molar-refractivity contribution is -0.126. The van der Waals surface area contributed by atoms with Gasteiger partial charge in [-0.2, -0.15) is 0 Å². The number of carbonyl (C=O) groups is 1. The van der Waals surface area contributed by atoms with E-state index in [1.54, 1.807) is 0 Å². The molecule has 0 spiro atoms. The van der Waals surface area contributed by atoms with Crippen molar-refractivity contribution in [3.8, 4) is 0 Å². The number of rotatable bonds is 5. The Morgan fingerprint density at radius 1 is 1.30 bits per heavy atom. The predicted octanol–water partition coefficient (Wildman–Crippen LogP) is 3.22. The summed E-state index contributed by atoms with van der Waals surface area (Å²) in [4.78, 5) is 12.2. The summed E-state index contributed by atoms with van der Waals surface area (Å²) in [5.41, 5.74) is 6.72. The fourth-order valence-corrected chi connectivity index (χ4v) is 3.38. The molecule has 0 radical (unpaired) electrons. The Balaban J connectivity index is 1.76. The lowest BCUT2D eigenvalue weighted by Gasteiger charge is -2.27. The van der Waals surface area contributed by atoms with E-state index in [0.717, 1.165) is 54.6 Å². The van der Waals surface area contributed by atoms with Gasteiger partial charge in [-0.1, -0.05) is 28.1 Å². The summed E-state index contributed by atoms with van der Waals surface area (Å²) in [6.07, 6.45) is 5.41. The maximum Gasteiger partial charge on any atom is 0.223 e. The summed E-state index contributed by atoms with van der Waals surface area (Å²) >= 11 is 3.44. The van der Waals surface area contributed by atoms with Crippen LogP contribution in [0.2, 0.25) is 0 Å². The normalized spacial score (nSPS) is 22.5. The van der Waals surface area contributed by atoms with Gasteiger partial charge in [0, 0.05) is 16.9 Å². The van der Waals surface area contributed by atoms with Crippen LogP contribution in [-0.4, -0.2) is 12.5 Å². The van der Waals surface area contributed by atoms with Crippen molar-refractivity contribution in [2.24, 2.45) is 17.6 Å². The molecular formula is C16H23BrN2O. The minimum atomic E-state index is 0.191. The lowest BCUT2D eigenvalue weighted by Crippen LogP contribution is -2.33. The Hall–Kier alpha value is -0.870. The second-order valence-electron chi connectivity index (χ2n) is 5.64. The van der Waals surface area contributed by atoms with Crippen LogP contribution in [-0.2, 0) is 11.3 Å². The van der Waals surface area contributed by atoms with E-state index in [0.29, 0.717) is 6.54 Å². The molecule has 0 aromatic heterocycles. The monoisotopic (exact) mass is 338 g/mol. The van der Waals surface area contributed by atoms with Crippen LogP contribution in [0.25, 0.3) is 0 Å². The predicted molar refractivity (Wildman–Crippen MR) is 85.1 cm³/mol. The highest BCUT2D eigenvalue weighted by Crippen LogP contribution is 2.30. The summed E-state index contributed by atoms with van der Waals surface area (Å²) in [5.74, 6) is 1.13. The van der Waals surface area contributed by atoms with E-state index in [2.05, 4.69) is 21.2 Å². The molecule has 4 heteroatoms. The van der Waals surface area contributed by atoms with Crippen LogP contribution in [0.4, 0.5) is 0 Å². The number of carbonyl (C=O) groups excluding carboxylic acids is 1. The average Bonchev–Trinajstić information content (AvgIpc) is 2.46. The number of nitrogens with one attached hydrogen (secondary N) is 1. The first-order chi connectivity index (χ1) is 9.69. The fraction of sp³-hybridized carbons (Fsp3) is 0.562. The molecule has 3 nitrogen and oxygen atoms in total. The zero-order chi connectivity index (χ0) is 14.4. The molecule has 110 valence electrons. The third-order valence-electron chi connectivity index (χ3n) is 4.15. The zero-order valence-corrected chi connectivity index (χ0v) is 13.4. The molecule has 0 unspecified atom stereocenters. The number of amides is 1. The van der Waals surface area contributed by atoms with E-state index < -0.39 is 0 Å². The minimum absolute atomic E-state index is 0.191. The molecule has 1 amide bonds. The van der Waals surface area contributed by atoms with Gasteiger partial charge in [0.15, 0.2) is 0 Å². The SMILES string of the molecule is NCCC1CCC(C(=O)NCc2cccc(Br)c2)CC1. The van der Waals surface area contributed by atoms with Crippen LogP contribution in [0.1, 0.15) is 37.7 Å². The first kappa shape index (κ1) is 15.5. The molecule has 20 heavy (non-hydrogen) atoms. The van der Waals surface area contributed by atoms with E-state index in [9.17, 15) is 4.79 Å². The van der Waals surface area contributed by atoms with Crippen molar-refractivity contribution < 1.29 is 4.79 Å². The molecule has 0 saturated heterocycles. The van der Waals surface area contributed by atoms with Crippen LogP contribution in [0.5, 0.6) is 0 Å². The van der Waals surface area contributed by atoms with Crippen molar-refractivity contribution in [3.05, 3.63) is 34.3 Å². The van der Waals surface area contributed by atoms with E-state index in [-0.39, 0.29) is 11.8 Å². The molecule has 0 aliphatic heterocycles. The molecule has 3 N–H and O–H groups in total. The molecule has 1 fully saturated rings. The third kappa shape index (κ3) is 4.60. The van der Waals surface area contributed by atoms with Crippen molar-refractivity contribution in [1.29, 1.82) is 0 Å². The Morgan fingerprint density at radius 2 is 2.05 bits per heavy atom. The van der Waals surface area contributed by atoms with E-state index in [1.807, 2.05) is 24.3 Å². The minimum Gasteiger partial charge on any atom is -0.352 e. The number of benzene rings is 1. The second kappa shape index (κ2) is 7.79. The van der Waals surface area contributed by atoms with Crippen molar-refractivity contribution in [2.45, 2.75) is 38.6 Å². The van der Waals surface area contributed by atoms with Gasteiger partial charge in [0.1, 0.15) is 0 Å². The molecule has 1 aromatic carbocycles. The van der Waals surface area contributed by atoms with E-state index in [1.165, 1.54) is 0 Å². The zero-order valence-electron chi connectivity index (χ0n) is 11.8. The van der Waals surface area contributed by atoms with Gasteiger partial charge in [0.05, 0.1) is 0 Å². The molecule has 1 aliphatic rings. The van der Waals surface area contributed by atoms with Gasteiger partial charge in [-0.15, -0.1) is 0 Å². The van der Waals surface area contributed by atoms with Gasteiger partial charge < -0.3 is 11.1 Å². The highest BCUT2D eigenvalue weighted by molar-refractivity contribution is 9.10. The van der Waals surface area contributed by atoms with Crippen molar-refractivity contribution in [2.75, 3.05) is 6.54 Å². The maximum absolute atomic E-state index is 12.2. The Bertz CT molecular complexity index is 442. The van der Waals surface area contributed by atoms with E-state index >= 15 is 0 Å².